The van der Waals surface area contributed by atoms with Crippen LogP contribution in [-0.2, 0) is 13.0 Å². The number of benzene rings is 2. The lowest BCUT2D eigenvalue weighted by molar-refractivity contribution is 0.0950. The van der Waals surface area contributed by atoms with E-state index in [2.05, 4.69) is 51.7 Å². The summed E-state index contributed by atoms with van der Waals surface area (Å²) in [6, 6.07) is 15.7. The number of carbonyl (C=O) groups excluding carboxylic acids is 1. The fraction of sp³-hybridized carbons (Fsp3) is 0.136. The van der Waals surface area contributed by atoms with Crippen molar-refractivity contribution in [2.45, 2.75) is 19.9 Å². The van der Waals surface area contributed by atoms with Crippen LogP contribution in [0.1, 0.15) is 32.7 Å². The van der Waals surface area contributed by atoms with Crippen LogP contribution in [0, 0.1) is 6.92 Å². The van der Waals surface area contributed by atoms with Crippen LogP contribution in [0.25, 0.3) is 10.9 Å². The van der Waals surface area contributed by atoms with E-state index >= 15 is 0 Å². The third-order valence-corrected chi connectivity index (χ3v) is 4.84. The summed E-state index contributed by atoms with van der Waals surface area (Å²) >= 11 is 6.06. The Morgan fingerprint density at radius 3 is 2.71 bits per heavy atom. The molecule has 0 atom stereocenters. The number of rotatable bonds is 5. The lowest BCUT2D eigenvalue weighted by atomic mass is 10.0. The number of nitrogens with one attached hydrogen (secondary N) is 2. The first kappa shape index (κ1) is 18.2. The quantitative estimate of drug-likeness (QED) is 0.529. The predicted molar refractivity (Wildman–Crippen MR) is 110 cm³/mol. The summed E-state index contributed by atoms with van der Waals surface area (Å²) in [4.78, 5) is 16.8. The van der Waals surface area contributed by atoms with Crippen LogP contribution in [0.5, 0.6) is 0 Å². The van der Waals surface area contributed by atoms with E-state index in [4.69, 9.17) is 11.6 Å². The largest absolute Gasteiger partial charge is 0.346 e. The van der Waals surface area contributed by atoms with Crippen LogP contribution in [0.4, 0.5) is 0 Å². The first-order valence-electron chi connectivity index (χ1n) is 8.99. The molecule has 0 radical (unpaired) electrons. The van der Waals surface area contributed by atoms with Crippen molar-refractivity contribution in [1.29, 1.82) is 0 Å². The first-order chi connectivity index (χ1) is 13.6. The maximum Gasteiger partial charge on any atom is 0.253 e. The van der Waals surface area contributed by atoms with Gasteiger partial charge in [-0.25, -0.2) is 0 Å². The average Bonchev–Trinajstić information content (AvgIpc) is 3.10. The second kappa shape index (κ2) is 7.82. The number of hydrogen-bond acceptors (Lipinski definition) is 3. The zero-order valence-corrected chi connectivity index (χ0v) is 16.1. The minimum Gasteiger partial charge on any atom is -0.346 e. The molecule has 2 heterocycles. The van der Waals surface area contributed by atoms with Crippen LogP contribution in [-0.4, -0.2) is 21.1 Å². The smallest absolute Gasteiger partial charge is 0.253 e. The zero-order chi connectivity index (χ0) is 19.5. The number of aromatic nitrogens is 3. The average molecular weight is 391 g/mol. The number of halogens is 1. The maximum absolute atomic E-state index is 12.6. The van der Waals surface area contributed by atoms with E-state index in [0.717, 1.165) is 28.6 Å². The summed E-state index contributed by atoms with van der Waals surface area (Å²) in [6.07, 6.45) is 4.10. The van der Waals surface area contributed by atoms with E-state index in [1.807, 2.05) is 18.2 Å². The standard InChI is InChI=1S/C22H19ClN4O/c1-14-2-4-15(5-3-14)8-16-9-17(12-24-11-16)22(28)25-13-21-19-10-18(23)6-7-20(19)26-27-21/h2-7,9-12H,8,13H2,1H3,(H,25,28)(H,26,27). The van der Waals surface area contributed by atoms with Crippen molar-refractivity contribution in [2.75, 3.05) is 0 Å². The SMILES string of the molecule is Cc1ccc(Cc2cncc(C(=O)NCc3n[nH]c4ccc(Cl)cc34)c2)cc1. The van der Waals surface area contributed by atoms with E-state index in [-0.39, 0.29) is 5.91 Å². The zero-order valence-electron chi connectivity index (χ0n) is 15.4. The molecule has 1 amide bonds. The Bertz CT molecular complexity index is 1130. The van der Waals surface area contributed by atoms with Gasteiger partial charge in [0.2, 0.25) is 0 Å². The fourth-order valence-electron chi connectivity index (χ4n) is 3.09. The number of carbonyl (C=O) groups is 1. The van der Waals surface area contributed by atoms with E-state index in [1.54, 1.807) is 18.5 Å². The molecular weight excluding hydrogens is 372 g/mol. The fourth-order valence-corrected chi connectivity index (χ4v) is 3.26. The Labute approximate surface area is 167 Å². The highest BCUT2D eigenvalue weighted by Crippen LogP contribution is 2.20. The minimum absolute atomic E-state index is 0.184. The molecule has 4 aromatic rings. The maximum atomic E-state index is 12.6. The Morgan fingerprint density at radius 2 is 1.89 bits per heavy atom. The second-order valence-corrected chi connectivity index (χ2v) is 7.22. The predicted octanol–water partition coefficient (Wildman–Crippen LogP) is 4.44. The molecule has 0 unspecified atom stereocenters. The van der Waals surface area contributed by atoms with Crippen molar-refractivity contribution in [1.82, 2.24) is 20.5 Å². The van der Waals surface area contributed by atoms with Gasteiger partial charge >= 0.3 is 0 Å². The normalized spacial score (nSPS) is 10.9. The Kier molecular flexibility index (Phi) is 5.08. The van der Waals surface area contributed by atoms with Gasteiger partial charge in [-0.1, -0.05) is 41.4 Å². The van der Waals surface area contributed by atoms with Crippen molar-refractivity contribution in [3.8, 4) is 0 Å². The molecule has 2 N–H and O–H groups in total. The second-order valence-electron chi connectivity index (χ2n) is 6.79. The number of pyridine rings is 1. The van der Waals surface area contributed by atoms with E-state index in [9.17, 15) is 4.79 Å². The third kappa shape index (κ3) is 4.05. The van der Waals surface area contributed by atoms with Crippen molar-refractivity contribution in [3.05, 3.63) is 93.9 Å². The summed E-state index contributed by atoms with van der Waals surface area (Å²) in [5, 5.41) is 11.7. The molecule has 0 saturated carbocycles. The summed E-state index contributed by atoms with van der Waals surface area (Å²) in [5.74, 6) is -0.184. The molecule has 0 aliphatic heterocycles. The number of amides is 1. The Balaban J connectivity index is 1.45. The van der Waals surface area contributed by atoms with Gasteiger partial charge in [-0.05, 0) is 48.7 Å². The van der Waals surface area contributed by atoms with Gasteiger partial charge in [0.05, 0.1) is 23.3 Å². The summed E-state index contributed by atoms with van der Waals surface area (Å²) in [7, 11) is 0. The van der Waals surface area contributed by atoms with Crippen LogP contribution >= 0.6 is 11.6 Å². The number of aryl methyl sites for hydroxylation is 1. The molecule has 0 aliphatic carbocycles. The van der Waals surface area contributed by atoms with E-state index < -0.39 is 0 Å². The van der Waals surface area contributed by atoms with E-state index in [1.165, 1.54) is 11.1 Å². The summed E-state index contributed by atoms with van der Waals surface area (Å²) in [6.45, 7) is 2.37. The van der Waals surface area contributed by atoms with Crippen molar-refractivity contribution in [3.63, 3.8) is 0 Å². The van der Waals surface area contributed by atoms with Crippen LogP contribution in [0.3, 0.4) is 0 Å². The van der Waals surface area contributed by atoms with Gasteiger partial charge in [0.25, 0.3) is 5.91 Å². The molecule has 6 heteroatoms. The highest BCUT2D eigenvalue weighted by molar-refractivity contribution is 6.31. The van der Waals surface area contributed by atoms with Crippen molar-refractivity contribution in [2.24, 2.45) is 0 Å². The van der Waals surface area contributed by atoms with Gasteiger partial charge in [0.1, 0.15) is 0 Å². The molecule has 2 aromatic carbocycles. The van der Waals surface area contributed by atoms with Gasteiger partial charge in [-0.2, -0.15) is 5.10 Å². The molecule has 0 saturated heterocycles. The van der Waals surface area contributed by atoms with E-state index in [0.29, 0.717) is 17.1 Å². The number of nitrogens with zero attached hydrogens (tertiary/aromatic N) is 2. The highest BCUT2D eigenvalue weighted by atomic mass is 35.5. The topological polar surface area (TPSA) is 70.7 Å². The van der Waals surface area contributed by atoms with Gasteiger partial charge < -0.3 is 5.32 Å². The van der Waals surface area contributed by atoms with Gasteiger partial charge in [0.15, 0.2) is 0 Å². The molecule has 0 aliphatic rings. The van der Waals surface area contributed by atoms with Crippen LogP contribution in [0.15, 0.2) is 60.9 Å². The molecule has 0 bridgehead atoms. The molecular formula is C22H19ClN4O. The van der Waals surface area contributed by atoms with Gasteiger partial charge in [-0.15, -0.1) is 0 Å². The Morgan fingerprint density at radius 1 is 1.07 bits per heavy atom. The Hall–Kier alpha value is -3.18. The van der Waals surface area contributed by atoms with Gasteiger partial charge in [0, 0.05) is 22.8 Å². The minimum atomic E-state index is -0.184. The third-order valence-electron chi connectivity index (χ3n) is 4.61. The molecule has 140 valence electrons. The lowest BCUT2D eigenvalue weighted by Crippen LogP contribution is -2.23. The molecule has 4 rings (SSSR count). The molecule has 5 nitrogen and oxygen atoms in total. The molecule has 0 fully saturated rings. The number of H-pyrrole nitrogens is 1. The van der Waals surface area contributed by atoms with Crippen LogP contribution in [0.2, 0.25) is 5.02 Å². The molecule has 28 heavy (non-hydrogen) atoms. The van der Waals surface area contributed by atoms with Crippen molar-refractivity contribution >= 4 is 28.4 Å². The number of aromatic amines is 1. The lowest BCUT2D eigenvalue weighted by Gasteiger charge is -2.07. The van der Waals surface area contributed by atoms with Gasteiger partial charge in [-0.3, -0.25) is 14.9 Å². The summed E-state index contributed by atoms with van der Waals surface area (Å²) < 4.78 is 0. The molecule has 2 aromatic heterocycles. The number of hydrogen-bond donors (Lipinski definition) is 2. The monoisotopic (exact) mass is 390 g/mol. The summed E-state index contributed by atoms with van der Waals surface area (Å²) in [5.41, 5.74) is 5.56. The number of fused-ring (bicyclic) bond motifs is 1. The first-order valence-corrected chi connectivity index (χ1v) is 9.36. The molecule has 0 spiro atoms. The van der Waals surface area contributed by atoms with Crippen LogP contribution < -0.4 is 5.32 Å². The highest BCUT2D eigenvalue weighted by Gasteiger charge is 2.11. The van der Waals surface area contributed by atoms with Crippen molar-refractivity contribution < 1.29 is 4.79 Å².